The largest absolute Gasteiger partial charge is 0.459 e. The van der Waals surface area contributed by atoms with Gasteiger partial charge >= 0.3 is 0 Å². The number of halogens is 1. The molecular formula is C24H27ClN2O2. The molecule has 5 heteroatoms. The fraction of sp³-hybridized carbons (Fsp3) is 0.375. The van der Waals surface area contributed by atoms with Crippen LogP contribution in [0.4, 0.5) is 0 Å². The lowest BCUT2D eigenvalue weighted by Crippen LogP contribution is -2.44. The summed E-state index contributed by atoms with van der Waals surface area (Å²) in [6.07, 6.45) is 2.80. The van der Waals surface area contributed by atoms with Gasteiger partial charge in [-0.15, -0.1) is 12.4 Å². The number of furan rings is 1. The molecule has 0 unspecified atom stereocenters. The molecular weight excluding hydrogens is 384 g/mol. The first kappa shape index (κ1) is 20.0. The third-order valence-electron chi connectivity index (χ3n) is 6.25. The SMILES string of the molecule is Cl.O=C(C1CCN(Cc2ccccc2)CC1)N1CCc2c(oc3ccccc23)C1. The highest BCUT2D eigenvalue weighted by atomic mass is 35.5. The molecule has 0 spiro atoms. The zero-order valence-electron chi connectivity index (χ0n) is 16.5. The summed E-state index contributed by atoms with van der Waals surface area (Å²) in [5, 5.41) is 1.21. The molecule has 0 radical (unpaired) electrons. The molecule has 1 fully saturated rings. The standard InChI is InChI=1S/C24H26N2O2.ClH/c27-24(19-10-13-25(14-11-19)16-18-6-2-1-3-7-18)26-15-12-21-20-8-4-5-9-22(20)28-23(21)17-26;/h1-9,19H,10-17H2;1H. The number of carbonyl (C=O) groups is 1. The van der Waals surface area contributed by atoms with Gasteiger partial charge in [-0.05, 0) is 44.0 Å². The molecule has 2 aliphatic heterocycles. The van der Waals surface area contributed by atoms with E-state index in [2.05, 4.69) is 47.4 Å². The third-order valence-corrected chi connectivity index (χ3v) is 6.25. The number of hydrogen-bond acceptors (Lipinski definition) is 3. The first-order valence-electron chi connectivity index (χ1n) is 10.3. The second kappa shape index (κ2) is 8.60. The number of amides is 1. The maximum absolute atomic E-state index is 13.1. The first-order chi connectivity index (χ1) is 13.8. The minimum atomic E-state index is 0. The second-order valence-electron chi connectivity index (χ2n) is 8.05. The summed E-state index contributed by atoms with van der Waals surface area (Å²) in [6, 6.07) is 18.8. The Morgan fingerprint density at radius 2 is 1.69 bits per heavy atom. The van der Waals surface area contributed by atoms with Crippen molar-refractivity contribution in [2.75, 3.05) is 19.6 Å². The molecule has 3 heterocycles. The van der Waals surface area contributed by atoms with E-state index < -0.39 is 0 Å². The molecule has 0 aliphatic carbocycles. The zero-order chi connectivity index (χ0) is 18.9. The van der Waals surface area contributed by atoms with Crippen molar-refractivity contribution in [3.63, 3.8) is 0 Å². The van der Waals surface area contributed by atoms with E-state index >= 15 is 0 Å². The predicted molar refractivity (Wildman–Crippen MR) is 117 cm³/mol. The Morgan fingerprint density at radius 1 is 0.966 bits per heavy atom. The van der Waals surface area contributed by atoms with E-state index in [0.29, 0.717) is 12.5 Å². The molecule has 5 rings (SSSR count). The summed E-state index contributed by atoms with van der Waals surface area (Å²) < 4.78 is 6.04. The summed E-state index contributed by atoms with van der Waals surface area (Å²) >= 11 is 0. The number of para-hydroxylation sites is 1. The Labute approximate surface area is 177 Å². The van der Waals surface area contributed by atoms with E-state index in [9.17, 15) is 4.79 Å². The topological polar surface area (TPSA) is 36.7 Å². The van der Waals surface area contributed by atoms with Gasteiger partial charge in [-0.3, -0.25) is 9.69 Å². The highest BCUT2D eigenvalue weighted by Crippen LogP contribution is 2.31. The summed E-state index contributed by atoms with van der Waals surface area (Å²) in [5.41, 5.74) is 3.58. The average molecular weight is 411 g/mol. The Morgan fingerprint density at radius 3 is 2.48 bits per heavy atom. The van der Waals surface area contributed by atoms with Crippen molar-refractivity contribution in [2.24, 2.45) is 5.92 Å². The molecule has 4 nitrogen and oxygen atoms in total. The summed E-state index contributed by atoms with van der Waals surface area (Å²) in [6.45, 7) is 4.39. The van der Waals surface area contributed by atoms with Crippen molar-refractivity contribution < 1.29 is 9.21 Å². The number of likely N-dealkylation sites (tertiary alicyclic amines) is 1. The number of hydrogen-bond donors (Lipinski definition) is 0. The van der Waals surface area contributed by atoms with Gasteiger partial charge in [-0.2, -0.15) is 0 Å². The van der Waals surface area contributed by atoms with Gasteiger partial charge in [0.25, 0.3) is 0 Å². The maximum Gasteiger partial charge on any atom is 0.226 e. The van der Waals surface area contributed by atoms with Crippen LogP contribution in [0.1, 0.15) is 29.7 Å². The summed E-state index contributed by atoms with van der Waals surface area (Å²) in [4.78, 5) is 17.6. The van der Waals surface area contributed by atoms with Crippen LogP contribution >= 0.6 is 12.4 Å². The third kappa shape index (κ3) is 4.05. The lowest BCUT2D eigenvalue weighted by molar-refractivity contribution is -0.138. The van der Waals surface area contributed by atoms with E-state index in [-0.39, 0.29) is 18.3 Å². The quantitative estimate of drug-likeness (QED) is 0.630. The van der Waals surface area contributed by atoms with Crippen molar-refractivity contribution in [1.29, 1.82) is 0 Å². The lowest BCUT2D eigenvalue weighted by Gasteiger charge is -2.35. The van der Waals surface area contributed by atoms with Crippen molar-refractivity contribution in [3.8, 4) is 0 Å². The van der Waals surface area contributed by atoms with Gasteiger partial charge in [0.05, 0.1) is 6.54 Å². The van der Waals surface area contributed by atoms with Crippen LogP contribution in [0.25, 0.3) is 11.0 Å². The zero-order valence-corrected chi connectivity index (χ0v) is 17.4. The highest BCUT2D eigenvalue weighted by molar-refractivity contribution is 5.85. The van der Waals surface area contributed by atoms with Gasteiger partial charge < -0.3 is 9.32 Å². The molecule has 152 valence electrons. The van der Waals surface area contributed by atoms with Crippen molar-refractivity contribution >= 4 is 29.3 Å². The maximum atomic E-state index is 13.1. The minimum absolute atomic E-state index is 0. The highest BCUT2D eigenvalue weighted by Gasteiger charge is 2.32. The van der Waals surface area contributed by atoms with Gasteiger partial charge in [0, 0.05) is 30.0 Å². The van der Waals surface area contributed by atoms with Crippen molar-refractivity contribution in [3.05, 3.63) is 71.5 Å². The van der Waals surface area contributed by atoms with Gasteiger partial charge in [0.1, 0.15) is 11.3 Å². The van der Waals surface area contributed by atoms with E-state index in [1.165, 1.54) is 16.5 Å². The summed E-state index contributed by atoms with van der Waals surface area (Å²) in [7, 11) is 0. The molecule has 1 amide bonds. The monoisotopic (exact) mass is 410 g/mol. The number of rotatable bonds is 3. The van der Waals surface area contributed by atoms with E-state index in [0.717, 1.165) is 56.8 Å². The van der Waals surface area contributed by atoms with Gasteiger partial charge in [0.2, 0.25) is 5.91 Å². The van der Waals surface area contributed by atoms with Crippen molar-refractivity contribution in [1.82, 2.24) is 9.80 Å². The molecule has 2 aliphatic rings. The minimum Gasteiger partial charge on any atom is -0.459 e. The van der Waals surface area contributed by atoms with Gasteiger partial charge in [-0.25, -0.2) is 0 Å². The molecule has 0 bridgehead atoms. The molecule has 2 aromatic carbocycles. The number of nitrogens with zero attached hydrogens (tertiary/aromatic N) is 2. The molecule has 1 saturated heterocycles. The normalized spacial score (nSPS) is 17.7. The van der Waals surface area contributed by atoms with Crippen LogP contribution in [-0.2, 0) is 24.3 Å². The predicted octanol–water partition coefficient (Wildman–Crippen LogP) is 4.65. The summed E-state index contributed by atoms with van der Waals surface area (Å²) in [5.74, 6) is 1.44. The Hall–Kier alpha value is -2.30. The van der Waals surface area contributed by atoms with Crippen LogP contribution in [0.15, 0.2) is 59.0 Å². The number of benzene rings is 2. The Bertz CT molecular complexity index is 977. The Balaban J connectivity index is 0.00000205. The number of carbonyl (C=O) groups excluding carboxylic acids is 1. The van der Waals surface area contributed by atoms with Crippen molar-refractivity contribution in [2.45, 2.75) is 32.4 Å². The van der Waals surface area contributed by atoms with Crippen LogP contribution in [0.2, 0.25) is 0 Å². The van der Waals surface area contributed by atoms with Crippen LogP contribution in [0, 0.1) is 5.92 Å². The van der Waals surface area contributed by atoms with Gasteiger partial charge in [0.15, 0.2) is 0 Å². The first-order valence-corrected chi connectivity index (χ1v) is 10.3. The number of fused-ring (bicyclic) bond motifs is 3. The van der Waals surface area contributed by atoms with E-state index in [1.807, 2.05) is 17.0 Å². The number of piperidine rings is 1. The van der Waals surface area contributed by atoms with E-state index in [4.69, 9.17) is 4.42 Å². The molecule has 29 heavy (non-hydrogen) atoms. The molecule has 3 aromatic rings. The fourth-order valence-corrected chi connectivity index (χ4v) is 4.68. The Kier molecular flexibility index (Phi) is 5.93. The van der Waals surface area contributed by atoms with E-state index in [1.54, 1.807) is 0 Å². The van der Waals surface area contributed by atoms with Gasteiger partial charge in [-0.1, -0.05) is 48.5 Å². The second-order valence-corrected chi connectivity index (χ2v) is 8.05. The van der Waals surface area contributed by atoms with Crippen LogP contribution < -0.4 is 0 Å². The molecule has 0 N–H and O–H groups in total. The van der Waals surface area contributed by atoms with Crippen LogP contribution in [0.3, 0.4) is 0 Å². The average Bonchev–Trinajstić information content (AvgIpc) is 3.12. The fourth-order valence-electron chi connectivity index (χ4n) is 4.68. The molecule has 0 saturated carbocycles. The smallest absolute Gasteiger partial charge is 0.226 e. The lowest BCUT2D eigenvalue weighted by atomic mass is 9.93. The van der Waals surface area contributed by atoms with Crippen LogP contribution in [0.5, 0.6) is 0 Å². The molecule has 1 aromatic heterocycles. The van der Waals surface area contributed by atoms with Crippen LogP contribution in [-0.4, -0.2) is 35.3 Å². The molecule has 0 atom stereocenters.